The number of rotatable bonds is 16. The first kappa shape index (κ1) is 39.8. The van der Waals surface area contributed by atoms with Crippen LogP contribution in [-0.2, 0) is 45.9 Å². The molecule has 2 heterocycles. The quantitative estimate of drug-likeness (QED) is 0.126. The van der Waals surface area contributed by atoms with Gasteiger partial charge in [0.25, 0.3) is 0 Å². The molecule has 1 saturated heterocycles. The van der Waals surface area contributed by atoms with Gasteiger partial charge in [0.1, 0.15) is 11.9 Å². The molecule has 0 amide bonds. The molecule has 8 nitrogen and oxygen atoms in total. The van der Waals surface area contributed by atoms with Gasteiger partial charge in [-0.2, -0.15) is 0 Å². The van der Waals surface area contributed by atoms with Gasteiger partial charge >= 0.3 is 5.97 Å². The van der Waals surface area contributed by atoms with Crippen molar-refractivity contribution in [3.63, 3.8) is 0 Å². The third-order valence-corrected chi connectivity index (χ3v) is 10.7. The van der Waals surface area contributed by atoms with Crippen molar-refractivity contribution >= 4 is 16.8 Å². The van der Waals surface area contributed by atoms with Crippen molar-refractivity contribution < 1.29 is 37.4 Å². The molecule has 2 aliphatic heterocycles. The Kier molecular flexibility index (Phi) is 13.9. The van der Waals surface area contributed by atoms with Crippen molar-refractivity contribution in [3.05, 3.63) is 82.5 Å². The lowest BCUT2D eigenvalue weighted by molar-refractivity contribution is -0.168. The summed E-state index contributed by atoms with van der Waals surface area (Å²) in [6.45, 7) is 17.6. The van der Waals surface area contributed by atoms with Crippen LogP contribution in [0, 0.1) is 24.2 Å². The second kappa shape index (κ2) is 17.5. The van der Waals surface area contributed by atoms with Gasteiger partial charge in [0.15, 0.2) is 11.4 Å². The molecule has 0 aliphatic carbocycles. The molecule has 4 rings (SSSR count). The van der Waals surface area contributed by atoms with E-state index in [1.165, 1.54) is 5.57 Å². The monoisotopic (exact) mass is 710 g/mol. The number of hydrogen-bond donors (Lipinski definition) is 0. The fourth-order valence-corrected chi connectivity index (χ4v) is 6.93. The van der Waals surface area contributed by atoms with Crippen molar-refractivity contribution in [1.82, 2.24) is 0 Å². The van der Waals surface area contributed by atoms with Gasteiger partial charge in [-0.3, -0.25) is 4.79 Å². The summed E-state index contributed by atoms with van der Waals surface area (Å²) in [7, 11) is 0.301. The Balaban J connectivity index is 1.54. The zero-order valence-electron chi connectivity index (χ0n) is 31.5. The van der Waals surface area contributed by atoms with Crippen molar-refractivity contribution in [3.8, 4) is 5.75 Å². The van der Waals surface area contributed by atoms with E-state index < -0.39 is 27.6 Å². The number of esters is 1. The third kappa shape index (κ3) is 11.3. The van der Waals surface area contributed by atoms with Gasteiger partial charge in [-0.15, -0.1) is 0 Å². The number of allylic oxidation sites excluding steroid dienone is 2. The Morgan fingerprint density at radius 2 is 1.76 bits per heavy atom. The summed E-state index contributed by atoms with van der Waals surface area (Å²) < 4.78 is 50.0. The van der Waals surface area contributed by atoms with Crippen LogP contribution in [0.3, 0.4) is 0 Å². The van der Waals surface area contributed by atoms with E-state index in [1.807, 2.05) is 96.1 Å². The number of hydrogen-bond acceptors (Lipinski definition) is 8. The molecule has 9 heteroatoms. The Labute approximate surface area is 302 Å². The normalized spacial score (nSPS) is 22.6. The van der Waals surface area contributed by atoms with Gasteiger partial charge in [0.05, 0.1) is 48.9 Å². The average molecular weight is 711 g/mol. The lowest BCUT2D eigenvalue weighted by Crippen LogP contribution is -2.47. The lowest BCUT2D eigenvalue weighted by atomic mass is 9.81. The number of carbonyl (C=O) groups is 1. The van der Waals surface area contributed by atoms with Gasteiger partial charge in [0.2, 0.25) is 0 Å². The molecule has 50 heavy (non-hydrogen) atoms. The maximum atomic E-state index is 13.4. The Bertz CT molecular complexity index is 1490. The first-order valence-electron chi connectivity index (χ1n) is 17.9. The molecule has 1 fully saturated rings. The first-order valence-corrected chi connectivity index (χ1v) is 19.1. The van der Waals surface area contributed by atoms with Crippen LogP contribution in [0.1, 0.15) is 91.7 Å². The summed E-state index contributed by atoms with van der Waals surface area (Å²) in [6, 6.07) is 15.6. The predicted octanol–water partition coefficient (Wildman–Crippen LogP) is 8.83. The minimum absolute atomic E-state index is 0.166. The van der Waals surface area contributed by atoms with E-state index in [9.17, 15) is 9.00 Å². The molecule has 2 aliphatic rings. The largest absolute Gasteiger partial charge is 0.497 e. The van der Waals surface area contributed by atoms with E-state index in [2.05, 4.69) is 13.8 Å². The zero-order valence-corrected chi connectivity index (χ0v) is 32.4. The molecule has 0 N–H and O–H groups in total. The highest BCUT2D eigenvalue weighted by atomic mass is 32.2. The summed E-state index contributed by atoms with van der Waals surface area (Å²) in [4.78, 5) is 13.2. The van der Waals surface area contributed by atoms with Crippen LogP contribution in [0.4, 0.5) is 0 Å². The van der Waals surface area contributed by atoms with Crippen molar-refractivity contribution in [2.75, 3.05) is 26.9 Å². The van der Waals surface area contributed by atoms with Crippen LogP contribution in [0.5, 0.6) is 5.75 Å². The van der Waals surface area contributed by atoms with Gasteiger partial charge in [0, 0.05) is 23.3 Å². The molecule has 0 aromatic heterocycles. The van der Waals surface area contributed by atoms with Crippen LogP contribution in [-0.4, -0.2) is 54.6 Å². The SMILES string of the molecule is COc1ccc(COCCCC2=C(C[C@H](C)[C@@H](C)COC(=O)C(C)(C)C)CC[C@@](/C=C/S(=O)c3ccc(C)cc3)([C@@H]3COC(C)(C)O3)O2)cc1. The molecule has 0 spiro atoms. The number of aryl methyl sites for hydroxylation is 1. The van der Waals surface area contributed by atoms with Crippen molar-refractivity contribution in [1.29, 1.82) is 0 Å². The van der Waals surface area contributed by atoms with Crippen molar-refractivity contribution in [2.45, 2.75) is 116 Å². The van der Waals surface area contributed by atoms with Crippen LogP contribution < -0.4 is 4.74 Å². The first-order chi connectivity index (χ1) is 23.6. The number of benzene rings is 2. The fraction of sp³-hybridized carbons (Fsp3) is 0.585. The number of carbonyl (C=O) groups excluding carboxylic acids is 1. The second-order valence-corrected chi connectivity index (χ2v) is 16.7. The van der Waals surface area contributed by atoms with Gasteiger partial charge in [-0.25, -0.2) is 4.21 Å². The molecule has 1 unspecified atom stereocenters. The van der Waals surface area contributed by atoms with E-state index >= 15 is 0 Å². The standard InChI is InChI=1S/C41H58O8S/c1-29-12-18-35(19-13-29)50(43)24-22-41(37-28-47-40(7,8)49-37)21-20-33(25-30(2)31(3)26-46-38(42)39(4,5)6)36(48-41)11-10-23-45-27-32-14-16-34(44-9)17-15-32/h12-19,22,24,30-31,37H,10-11,20-21,23,25-28H2,1-9H3/b24-22+/t30-,31-,37-,41+,50?/m0/s1. The van der Waals surface area contributed by atoms with E-state index in [0.29, 0.717) is 39.3 Å². The Morgan fingerprint density at radius 1 is 1.06 bits per heavy atom. The minimum Gasteiger partial charge on any atom is -0.497 e. The molecular formula is C41H58O8S. The highest BCUT2D eigenvalue weighted by Gasteiger charge is 2.49. The smallest absolute Gasteiger partial charge is 0.311 e. The van der Waals surface area contributed by atoms with Crippen LogP contribution in [0.25, 0.3) is 0 Å². The zero-order chi connectivity index (χ0) is 36.5. The Morgan fingerprint density at radius 3 is 2.38 bits per heavy atom. The summed E-state index contributed by atoms with van der Waals surface area (Å²) in [5.74, 6) is 1.23. The highest BCUT2D eigenvalue weighted by Crippen LogP contribution is 2.44. The molecule has 5 atom stereocenters. The van der Waals surface area contributed by atoms with Gasteiger partial charge in [-0.1, -0.05) is 43.7 Å². The molecule has 0 saturated carbocycles. The average Bonchev–Trinajstić information content (AvgIpc) is 3.46. The lowest BCUT2D eigenvalue weighted by Gasteiger charge is -2.42. The topological polar surface area (TPSA) is 89.5 Å². The third-order valence-electron chi connectivity index (χ3n) is 9.56. The van der Waals surface area contributed by atoms with Crippen LogP contribution in [0.15, 0.2) is 76.2 Å². The molecule has 276 valence electrons. The van der Waals surface area contributed by atoms with Gasteiger partial charge < -0.3 is 28.4 Å². The number of ether oxygens (including phenoxy) is 6. The van der Waals surface area contributed by atoms with E-state index in [1.54, 1.807) is 12.5 Å². The van der Waals surface area contributed by atoms with E-state index in [-0.39, 0.29) is 23.9 Å². The summed E-state index contributed by atoms with van der Waals surface area (Å²) in [6.07, 6.45) is 5.30. The summed E-state index contributed by atoms with van der Waals surface area (Å²) in [5.41, 5.74) is 2.07. The van der Waals surface area contributed by atoms with Crippen LogP contribution >= 0.6 is 0 Å². The summed E-state index contributed by atoms with van der Waals surface area (Å²) >= 11 is 0. The summed E-state index contributed by atoms with van der Waals surface area (Å²) in [5, 5.41) is 1.74. The Hall–Kier alpha value is -2.98. The van der Waals surface area contributed by atoms with Crippen molar-refractivity contribution in [2.24, 2.45) is 17.3 Å². The van der Waals surface area contributed by atoms with E-state index in [4.69, 9.17) is 28.4 Å². The highest BCUT2D eigenvalue weighted by molar-refractivity contribution is 7.88. The number of methoxy groups -OCH3 is 1. The molecule has 0 bridgehead atoms. The van der Waals surface area contributed by atoms with Gasteiger partial charge in [-0.05, 0) is 121 Å². The molecular weight excluding hydrogens is 653 g/mol. The minimum atomic E-state index is -1.36. The maximum Gasteiger partial charge on any atom is 0.311 e. The molecule has 0 radical (unpaired) electrons. The second-order valence-electron chi connectivity index (χ2n) is 15.3. The maximum absolute atomic E-state index is 13.4. The molecule has 2 aromatic carbocycles. The van der Waals surface area contributed by atoms with Crippen LogP contribution in [0.2, 0.25) is 0 Å². The molecule has 2 aromatic rings. The predicted molar refractivity (Wildman–Crippen MR) is 197 cm³/mol. The van der Waals surface area contributed by atoms with E-state index in [0.717, 1.165) is 46.8 Å². The fourth-order valence-electron chi connectivity index (χ4n) is 6.01.